The van der Waals surface area contributed by atoms with Crippen LogP contribution in [0.5, 0.6) is 0 Å². The van der Waals surface area contributed by atoms with Crippen molar-refractivity contribution in [3.63, 3.8) is 0 Å². The molecule has 0 spiro atoms. The van der Waals surface area contributed by atoms with Crippen molar-refractivity contribution < 1.29 is 42.9 Å². The summed E-state index contributed by atoms with van der Waals surface area (Å²) in [5.41, 5.74) is -1.02. The Morgan fingerprint density at radius 3 is 1.68 bits per heavy atom. The summed E-state index contributed by atoms with van der Waals surface area (Å²) in [6.07, 6.45) is -3.90. The van der Waals surface area contributed by atoms with E-state index in [4.69, 9.17) is 23.7 Å². The largest absolute Gasteiger partial charge is 0.459 e. The van der Waals surface area contributed by atoms with Gasteiger partial charge < -0.3 is 23.7 Å². The van der Waals surface area contributed by atoms with Gasteiger partial charge in [0.2, 0.25) is 11.9 Å². The van der Waals surface area contributed by atoms with Gasteiger partial charge in [-0.3, -0.25) is 4.79 Å². The molecule has 1 unspecified atom stereocenters. The van der Waals surface area contributed by atoms with Crippen LogP contribution in [0.3, 0.4) is 0 Å². The van der Waals surface area contributed by atoms with Gasteiger partial charge in [-0.1, -0.05) is 54.6 Å². The standard InChI is InChI=1S/C29H26O9/c1-19(30)35-28-29(2,38-27(33)22-16-10-5-11-17-22)24(37-26(32)21-14-8-4-9-15-21)23(36-28)18-34-25(31)20-12-6-3-7-13-20/h3-17,23-24,28H,18H2,1-2H3/t23-,24-,28+,29?/m1/s1. The highest BCUT2D eigenvalue weighted by molar-refractivity contribution is 5.91. The summed E-state index contributed by atoms with van der Waals surface area (Å²) in [6, 6.07) is 24.6. The number of esters is 4. The Kier molecular flexibility index (Phi) is 8.18. The average Bonchev–Trinajstić information content (AvgIpc) is 3.17. The molecular formula is C29H26O9. The lowest BCUT2D eigenvalue weighted by atomic mass is 9.96. The van der Waals surface area contributed by atoms with Crippen molar-refractivity contribution in [2.75, 3.05) is 6.61 Å². The lowest BCUT2D eigenvalue weighted by Gasteiger charge is -2.33. The molecule has 38 heavy (non-hydrogen) atoms. The Hall–Kier alpha value is -4.50. The minimum atomic E-state index is -1.78. The van der Waals surface area contributed by atoms with Gasteiger partial charge in [0.05, 0.1) is 16.7 Å². The second-order valence-electron chi connectivity index (χ2n) is 8.71. The summed E-state index contributed by atoms with van der Waals surface area (Å²) in [5.74, 6) is -2.84. The Morgan fingerprint density at radius 1 is 0.711 bits per heavy atom. The van der Waals surface area contributed by atoms with Gasteiger partial charge in [-0.2, -0.15) is 0 Å². The summed E-state index contributed by atoms with van der Waals surface area (Å²) < 4.78 is 28.2. The van der Waals surface area contributed by atoms with Crippen molar-refractivity contribution in [3.8, 4) is 0 Å². The third-order valence-corrected chi connectivity index (χ3v) is 5.90. The number of hydrogen-bond acceptors (Lipinski definition) is 9. The summed E-state index contributed by atoms with van der Waals surface area (Å²) in [7, 11) is 0. The first-order valence-corrected chi connectivity index (χ1v) is 11.9. The van der Waals surface area contributed by atoms with Gasteiger partial charge in [0.15, 0.2) is 6.10 Å². The Morgan fingerprint density at radius 2 is 1.18 bits per heavy atom. The normalized spacial score (nSPS) is 22.2. The van der Waals surface area contributed by atoms with Crippen LogP contribution in [0.15, 0.2) is 91.0 Å². The summed E-state index contributed by atoms with van der Waals surface area (Å²) in [4.78, 5) is 50.6. The maximum atomic E-state index is 13.1. The zero-order chi connectivity index (χ0) is 27.1. The maximum absolute atomic E-state index is 13.1. The van der Waals surface area contributed by atoms with E-state index in [0.29, 0.717) is 5.56 Å². The predicted molar refractivity (Wildman–Crippen MR) is 133 cm³/mol. The molecular weight excluding hydrogens is 492 g/mol. The highest BCUT2D eigenvalue weighted by Gasteiger charge is 2.61. The van der Waals surface area contributed by atoms with Gasteiger partial charge in [-0.05, 0) is 43.3 Å². The van der Waals surface area contributed by atoms with Crippen molar-refractivity contribution in [2.45, 2.75) is 37.9 Å². The van der Waals surface area contributed by atoms with E-state index < -0.39 is 48.0 Å². The number of ether oxygens (including phenoxy) is 5. The summed E-state index contributed by atoms with van der Waals surface area (Å²) >= 11 is 0. The molecule has 0 saturated carbocycles. The molecule has 3 aromatic rings. The van der Waals surface area contributed by atoms with Gasteiger partial charge in [0.1, 0.15) is 12.7 Å². The van der Waals surface area contributed by atoms with Crippen LogP contribution in [0.25, 0.3) is 0 Å². The van der Waals surface area contributed by atoms with Gasteiger partial charge in [0.25, 0.3) is 0 Å². The zero-order valence-corrected chi connectivity index (χ0v) is 20.8. The van der Waals surface area contributed by atoms with Gasteiger partial charge in [-0.15, -0.1) is 0 Å². The number of hydrogen-bond donors (Lipinski definition) is 0. The van der Waals surface area contributed by atoms with Crippen LogP contribution < -0.4 is 0 Å². The van der Waals surface area contributed by atoms with Crippen molar-refractivity contribution >= 4 is 23.9 Å². The molecule has 0 radical (unpaired) electrons. The fourth-order valence-corrected chi connectivity index (χ4v) is 4.00. The Bertz CT molecular complexity index is 1280. The molecule has 1 aliphatic heterocycles. The molecule has 9 nitrogen and oxygen atoms in total. The molecule has 1 saturated heterocycles. The van der Waals surface area contributed by atoms with Crippen LogP contribution in [0.2, 0.25) is 0 Å². The second-order valence-corrected chi connectivity index (χ2v) is 8.71. The van der Waals surface area contributed by atoms with Crippen LogP contribution in [-0.2, 0) is 28.5 Å². The van der Waals surface area contributed by atoms with E-state index in [9.17, 15) is 19.2 Å². The van der Waals surface area contributed by atoms with Crippen LogP contribution in [0, 0.1) is 0 Å². The average molecular weight is 519 g/mol. The van der Waals surface area contributed by atoms with E-state index in [1.54, 1.807) is 91.0 Å². The Labute approximate surface area is 219 Å². The van der Waals surface area contributed by atoms with E-state index in [1.807, 2.05) is 0 Å². The van der Waals surface area contributed by atoms with Gasteiger partial charge in [-0.25, -0.2) is 14.4 Å². The lowest BCUT2D eigenvalue weighted by Crippen LogP contribution is -2.52. The molecule has 1 heterocycles. The van der Waals surface area contributed by atoms with Crippen LogP contribution in [-0.4, -0.2) is 54.6 Å². The summed E-state index contributed by atoms with van der Waals surface area (Å²) in [5, 5.41) is 0. The van der Waals surface area contributed by atoms with Crippen molar-refractivity contribution in [3.05, 3.63) is 108 Å². The van der Waals surface area contributed by atoms with E-state index in [1.165, 1.54) is 6.92 Å². The van der Waals surface area contributed by atoms with Gasteiger partial charge >= 0.3 is 23.9 Å². The predicted octanol–water partition coefficient (Wildman–Crippen LogP) is 3.97. The monoisotopic (exact) mass is 518 g/mol. The van der Waals surface area contributed by atoms with Crippen molar-refractivity contribution in [1.29, 1.82) is 0 Å². The van der Waals surface area contributed by atoms with Crippen LogP contribution in [0.4, 0.5) is 0 Å². The SMILES string of the molecule is CC(=O)O[C@H]1O[C@H](COC(=O)c2ccccc2)[C@@H](OC(=O)c2ccccc2)C1(C)OC(=O)c1ccccc1. The van der Waals surface area contributed by atoms with E-state index >= 15 is 0 Å². The number of rotatable bonds is 8. The first kappa shape index (κ1) is 26.6. The molecule has 0 aliphatic carbocycles. The molecule has 0 aromatic heterocycles. The van der Waals surface area contributed by atoms with Crippen LogP contribution in [0.1, 0.15) is 44.9 Å². The fraction of sp³-hybridized carbons (Fsp3) is 0.241. The molecule has 4 rings (SSSR count). The quantitative estimate of drug-likeness (QED) is 0.323. The minimum Gasteiger partial charge on any atom is -0.459 e. The molecule has 1 aliphatic rings. The summed E-state index contributed by atoms with van der Waals surface area (Å²) in [6.45, 7) is 2.22. The third-order valence-electron chi connectivity index (χ3n) is 5.90. The van der Waals surface area contributed by atoms with Crippen LogP contribution >= 0.6 is 0 Å². The first-order valence-electron chi connectivity index (χ1n) is 11.9. The molecule has 196 valence electrons. The van der Waals surface area contributed by atoms with E-state index in [-0.39, 0.29) is 17.7 Å². The molecule has 4 atom stereocenters. The molecule has 1 fully saturated rings. The second kappa shape index (κ2) is 11.7. The highest BCUT2D eigenvalue weighted by Crippen LogP contribution is 2.39. The molecule has 3 aromatic carbocycles. The highest BCUT2D eigenvalue weighted by atomic mass is 16.8. The van der Waals surface area contributed by atoms with E-state index in [0.717, 1.165) is 6.92 Å². The molecule has 9 heteroatoms. The number of carbonyl (C=O) groups excluding carboxylic acids is 4. The Balaban J connectivity index is 1.64. The maximum Gasteiger partial charge on any atom is 0.339 e. The van der Waals surface area contributed by atoms with Gasteiger partial charge in [0, 0.05) is 6.92 Å². The topological polar surface area (TPSA) is 114 Å². The third kappa shape index (κ3) is 6.07. The minimum absolute atomic E-state index is 0.224. The number of benzene rings is 3. The smallest absolute Gasteiger partial charge is 0.339 e. The van der Waals surface area contributed by atoms with Crippen molar-refractivity contribution in [1.82, 2.24) is 0 Å². The van der Waals surface area contributed by atoms with E-state index in [2.05, 4.69) is 0 Å². The molecule has 0 amide bonds. The lowest BCUT2D eigenvalue weighted by molar-refractivity contribution is -0.206. The van der Waals surface area contributed by atoms with Crippen molar-refractivity contribution in [2.24, 2.45) is 0 Å². The molecule has 0 bridgehead atoms. The number of carbonyl (C=O) groups is 4. The molecule has 0 N–H and O–H groups in total. The fourth-order valence-electron chi connectivity index (χ4n) is 4.00. The zero-order valence-electron chi connectivity index (χ0n) is 20.8. The first-order chi connectivity index (χ1) is 18.3.